The van der Waals surface area contributed by atoms with E-state index in [4.69, 9.17) is 5.73 Å². The van der Waals surface area contributed by atoms with Crippen molar-refractivity contribution in [2.75, 3.05) is 5.73 Å². The molecule has 2 rings (SSSR count). The Balaban J connectivity index is 2.19. The van der Waals surface area contributed by atoms with Gasteiger partial charge in [-0.25, -0.2) is 9.67 Å². The van der Waals surface area contributed by atoms with E-state index in [9.17, 15) is 0 Å². The van der Waals surface area contributed by atoms with Crippen LogP contribution in [0.2, 0.25) is 0 Å². The van der Waals surface area contributed by atoms with Crippen molar-refractivity contribution in [3.8, 4) is 0 Å². The Bertz CT molecular complexity index is 405. The van der Waals surface area contributed by atoms with E-state index in [2.05, 4.69) is 20.5 Å². The number of nitrogen functional groups attached to an aromatic ring is 1. The van der Waals surface area contributed by atoms with Crippen molar-refractivity contribution in [1.82, 2.24) is 25.2 Å². The summed E-state index contributed by atoms with van der Waals surface area (Å²) >= 11 is 1.57. The highest BCUT2D eigenvalue weighted by atomic mass is 32.1. The molecule has 0 saturated carbocycles. The average Bonchev–Trinajstić information content (AvgIpc) is 2.64. The summed E-state index contributed by atoms with van der Waals surface area (Å²) in [6.07, 6.45) is 0. The number of hydrogen-bond acceptors (Lipinski definition) is 6. The summed E-state index contributed by atoms with van der Waals surface area (Å²) in [5.41, 5.74) is 6.51. The number of rotatable bonds is 2. The van der Waals surface area contributed by atoms with E-state index in [1.807, 2.05) is 12.3 Å². The van der Waals surface area contributed by atoms with E-state index in [1.54, 1.807) is 11.3 Å². The minimum atomic E-state index is 0.313. The Labute approximate surface area is 78.4 Å². The molecule has 0 amide bonds. The van der Waals surface area contributed by atoms with Gasteiger partial charge < -0.3 is 5.73 Å². The van der Waals surface area contributed by atoms with Gasteiger partial charge in [0.2, 0.25) is 5.95 Å². The van der Waals surface area contributed by atoms with Crippen LogP contribution in [-0.2, 0) is 6.54 Å². The zero-order chi connectivity index (χ0) is 9.26. The number of nitrogens with zero attached hydrogens (tertiary/aromatic N) is 5. The van der Waals surface area contributed by atoms with Crippen molar-refractivity contribution in [3.63, 3.8) is 0 Å². The number of thiazole rings is 1. The summed E-state index contributed by atoms with van der Waals surface area (Å²) in [6.45, 7) is 2.49. The van der Waals surface area contributed by atoms with Crippen LogP contribution in [0.4, 0.5) is 5.95 Å². The van der Waals surface area contributed by atoms with Crippen LogP contribution in [0, 0.1) is 6.92 Å². The minimum Gasteiger partial charge on any atom is -0.367 e. The fraction of sp³-hybridized carbons (Fsp3) is 0.333. The molecule has 2 aromatic rings. The van der Waals surface area contributed by atoms with Crippen LogP contribution in [0.1, 0.15) is 10.7 Å². The van der Waals surface area contributed by atoms with Crippen molar-refractivity contribution in [2.24, 2.45) is 0 Å². The first kappa shape index (κ1) is 8.11. The molecule has 68 valence electrons. The molecule has 7 heteroatoms. The molecule has 0 aliphatic rings. The summed E-state index contributed by atoms with van der Waals surface area (Å²) in [7, 11) is 0. The molecule has 0 saturated heterocycles. The second-order valence-electron chi connectivity index (χ2n) is 2.58. The van der Waals surface area contributed by atoms with E-state index in [-0.39, 0.29) is 0 Å². The summed E-state index contributed by atoms with van der Waals surface area (Å²) in [5.74, 6) is 0.313. The van der Waals surface area contributed by atoms with Crippen LogP contribution in [0.15, 0.2) is 5.38 Å². The third kappa shape index (κ3) is 1.64. The van der Waals surface area contributed by atoms with Gasteiger partial charge in [0.1, 0.15) is 5.01 Å². The van der Waals surface area contributed by atoms with Crippen LogP contribution in [0.5, 0.6) is 0 Å². The number of anilines is 1. The molecule has 0 atom stereocenters. The lowest BCUT2D eigenvalue weighted by atomic mass is 10.6. The standard InChI is InChI=1S/C6H8N6S/c1-4-3-13-5(8-4)2-12-6(7)9-10-11-12/h3H,2H2,1H3,(H2,7,9,11). The fourth-order valence-corrected chi connectivity index (χ4v) is 1.68. The molecule has 0 radical (unpaired) electrons. The van der Waals surface area contributed by atoms with Gasteiger partial charge in [-0.2, -0.15) is 0 Å². The lowest BCUT2D eigenvalue weighted by Gasteiger charge is -1.95. The van der Waals surface area contributed by atoms with Gasteiger partial charge in [0.05, 0.1) is 6.54 Å². The molecular formula is C6H8N6S. The molecule has 0 spiro atoms. The number of aromatic nitrogens is 5. The van der Waals surface area contributed by atoms with Crippen molar-refractivity contribution in [3.05, 3.63) is 16.1 Å². The molecule has 13 heavy (non-hydrogen) atoms. The third-order valence-electron chi connectivity index (χ3n) is 1.51. The smallest absolute Gasteiger partial charge is 0.240 e. The first-order chi connectivity index (χ1) is 6.25. The first-order valence-corrected chi connectivity index (χ1v) is 4.56. The summed E-state index contributed by atoms with van der Waals surface area (Å²) in [4.78, 5) is 4.27. The molecule has 6 nitrogen and oxygen atoms in total. The van der Waals surface area contributed by atoms with Crippen LogP contribution < -0.4 is 5.73 Å². The van der Waals surface area contributed by atoms with Crippen molar-refractivity contribution in [2.45, 2.75) is 13.5 Å². The van der Waals surface area contributed by atoms with Crippen LogP contribution >= 0.6 is 11.3 Å². The van der Waals surface area contributed by atoms with E-state index in [0.717, 1.165) is 10.7 Å². The van der Waals surface area contributed by atoms with E-state index >= 15 is 0 Å². The molecule has 0 unspecified atom stereocenters. The largest absolute Gasteiger partial charge is 0.367 e. The zero-order valence-corrected chi connectivity index (χ0v) is 7.82. The van der Waals surface area contributed by atoms with E-state index in [0.29, 0.717) is 12.5 Å². The molecule has 2 N–H and O–H groups in total. The number of tetrazole rings is 1. The van der Waals surface area contributed by atoms with Gasteiger partial charge in [0, 0.05) is 11.1 Å². The topological polar surface area (TPSA) is 82.5 Å². The lowest BCUT2D eigenvalue weighted by Crippen LogP contribution is -2.06. The minimum absolute atomic E-state index is 0.313. The Morgan fingerprint density at radius 3 is 3.00 bits per heavy atom. The van der Waals surface area contributed by atoms with Crippen LogP contribution in [0.3, 0.4) is 0 Å². The van der Waals surface area contributed by atoms with Crippen LogP contribution in [0.25, 0.3) is 0 Å². The summed E-state index contributed by atoms with van der Waals surface area (Å²) in [5, 5.41) is 13.7. The predicted molar refractivity (Wildman–Crippen MR) is 48.2 cm³/mol. The highest BCUT2D eigenvalue weighted by molar-refractivity contribution is 7.09. The second kappa shape index (κ2) is 3.09. The van der Waals surface area contributed by atoms with Crippen molar-refractivity contribution in [1.29, 1.82) is 0 Å². The summed E-state index contributed by atoms with van der Waals surface area (Å²) in [6, 6.07) is 0. The number of aryl methyl sites for hydroxylation is 1. The highest BCUT2D eigenvalue weighted by Gasteiger charge is 2.04. The van der Waals surface area contributed by atoms with Gasteiger partial charge in [0.15, 0.2) is 0 Å². The molecular weight excluding hydrogens is 188 g/mol. The Kier molecular flexibility index (Phi) is 1.93. The third-order valence-corrected chi connectivity index (χ3v) is 2.46. The van der Waals surface area contributed by atoms with Gasteiger partial charge in [-0.05, 0) is 17.4 Å². The maximum atomic E-state index is 5.50. The molecule has 0 aromatic carbocycles. The SMILES string of the molecule is Cc1csc(Cn2nnnc2N)n1. The predicted octanol–water partition coefficient (Wildman–Crippen LogP) is 0.0685. The molecule has 2 heterocycles. The molecule has 0 bridgehead atoms. The molecule has 0 aliphatic heterocycles. The second-order valence-corrected chi connectivity index (χ2v) is 3.52. The Morgan fingerprint density at radius 2 is 2.46 bits per heavy atom. The van der Waals surface area contributed by atoms with E-state index in [1.165, 1.54) is 4.68 Å². The zero-order valence-electron chi connectivity index (χ0n) is 7.01. The van der Waals surface area contributed by atoms with Gasteiger partial charge in [-0.1, -0.05) is 5.10 Å². The monoisotopic (exact) mass is 196 g/mol. The highest BCUT2D eigenvalue weighted by Crippen LogP contribution is 2.10. The summed E-state index contributed by atoms with van der Waals surface area (Å²) < 4.78 is 1.51. The van der Waals surface area contributed by atoms with Gasteiger partial charge in [0.25, 0.3) is 0 Å². The van der Waals surface area contributed by atoms with Crippen molar-refractivity contribution >= 4 is 17.3 Å². The van der Waals surface area contributed by atoms with Crippen LogP contribution in [-0.4, -0.2) is 25.2 Å². The molecule has 2 aromatic heterocycles. The van der Waals surface area contributed by atoms with Gasteiger partial charge in [-0.15, -0.1) is 11.3 Å². The molecule has 0 fully saturated rings. The first-order valence-electron chi connectivity index (χ1n) is 3.68. The Hall–Kier alpha value is -1.50. The van der Waals surface area contributed by atoms with E-state index < -0.39 is 0 Å². The lowest BCUT2D eigenvalue weighted by molar-refractivity contribution is 0.651. The maximum Gasteiger partial charge on any atom is 0.240 e. The maximum absolute atomic E-state index is 5.50. The molecule has 0 aliphatic carbocycles. The van der Waals surface area contributed by atoms with Gasteiger partial charge >= 0.3 is 0 Å². The quantitative estimate of drug-likeness (QED) is 0.734. The normalized spacial score (nSPS) is 10.5. The van der Waals surface area contributed by atoms with Gasteiger partial charge in [-0.3, -0.25) is 0 Å². The fourth-order valence-electron chi connectivity index (χ4n) is 0.928. The van der Waals surface area contributed by atoms with Crippen molar-refractivity contribution < 1.29 is 0 Å². The Morgan fingerprint density at radius 1 is 1.62 bits per heavy atom. The number of hydrogen-bond donors (Lipinski definition) is 1. The number of nitrogens with two attached hydrogens (primary N) is 1. The average molecular weight is 196 g/mol.